The fourth-order valence-corrected chi connectivity index (χ4v) is 3.12. The highest BCUT2D eigenvalue weighted by atomic mass is 16.9. The van der Waals surface area contributed by atoms with Crippen LogP contribution in [-0.4, -0.2) is 33.8 Å². The molecule has 1 heterocycles. The second kappa shape index (κ2) is 6.81. The monoisotopic (exact) mass is 316 g/mol. The van der Waals surface area contributed by atoms with Crippen molar-refractivity contribution in [2.45, 2.75) is 71.9 Å². The number of hydrogen-bond donors (Lipinski definition) is 0. The third-order valence-corrected chi connectivity index (χ3v) is 4.12. The lowest BCUT2D eigenvalue weighted by atomic mass is 9.90. The van der Waals surface area contributed by atoms with Crippen LogP contribution in [0.15, 0.2) is 0 Å². The summed E-state index contributed by atoms with van der Waals surface area (Å²) >= 11 is 0. The molecule has 1 atom stereocenters. The molecule has 1 saturated heterocycles. The van der Waals surface area contributed by atoms with Gasteiger partial charge in [0.1, 0.15) is 0 Å². The molecule has 7 nitrogen and oxygen atoms in total. The maximum absolute atomic E-state index is 12.0. The zero-order valence-corrected chi connectivity index (χ0v) is 14.4. The molecule has 0 radical (unpaired) electrons. The first-order chi connectivity index (χ1) is 9.95. The lowest BCUT2D eigenvalue weighted by Gasteiger charge is -2.45. The van der Waals surface area contributed by atoms with Crippen LogP contribution in [0.5, 0.6) is 0 Å². The summed E-state index contributed by atoms with van der Waals surface area (Å²) in [7, 11) is 0. The molecule has 1 aliphatic rings. The van der Waals surface area contributed by atoms with E-state index in [-0.39, 0.29) is 30.0 Å². The molecule has 1 fully saturated rings. The Bertz CT molecular complexity index is 420. The number of nitrogens with zero attached hydrogens (tertiary/aromatic N) is 2. The van der Waals surface area contributed by atoms with Crippen LogP contribution in [0.2, 0.25) is 0 Å². The van der Waals surface area contributed by atoms with Crippen molar-refractivity contribution in [3.8, 4) is 0 Å². The number of hydroxylamine groups is 2. The molecule has 1 aliphatic heterocycles. The summed E-state index contributed by atoms with van der Waals surface area (Å²) in [6, 6.07) is 0. The lowest BCUT2D eigenvalue weighted by molar-refractivity contribution is -0.759. The summed E-state index contributed by atoms with van der Waals surface area (Å²) in [5.74, 6) is -0.410. The van der Waals surface area contributed by atoms with E-state index in [1.165, 1.54) is 0 Å². The van der Waals surface area contributed by atoms with E-state index < -0.39 is 10.6 Å². The van der Waals surface area contributed by atoms with Gasteiger partial charge in [-0.2, -0.15) is 0 Å². The van der Waals surface area contributed by atoms with Crippen molar-refractivity contribution < 1.29 is 19.6 Å². The number of carbonyl (C=O) groups excluding carboxylic acids is 1. The summed E-state index contributed by atoms with van der Waals surface area (Å²) in [5.41, 5.74) is -0.757. The molecule has 0 spiro atoms. The van der Waals surface area contributed by atoms with E-state index in [2.05, 4.69) is 4.84 Å². The lowest BCUT2D eigenvalue weighted by Crippen LogP contribution is -2.55. The maximum atomic E-state index is 12.0. The highest BCUT2D eigenvalue weighted by molar-refractivity contribution is 5.71. The van der Waals surface area contributed by atoms with Crippen molar-refractivity contribution in [2.24, 2.45) is 11.8 Å². The van der Waals surface area contributed by atoms with E-state index in [1.54, 1.807) is 18.9 Å². The Morgan fingerprint density at radius 2 is 1.91 bits per heavy atom. The molecule has 0 aromatic heterocycles. The van der Waals surface area contributed by atoms with Crippen LogP contribution < -0.4 is 0 Å². The summed E-state index contributed by atoms with van der Waals surface area (Å²) in [6.45, 7) is 11.7. The van der Waals surface area contributed by atoms with Crippen LogP contribution in [0.25, 0.3) is 0 Å². The van der Waals surface area contributed by atoms with Crippen LogP contribution in [0.3, 0.4) is 0 Å². The van der Waals surface area contributed by atoms with Crippen LogP contribution in [-0.2, 0) is 14.5 Å². The first kappa shape index (κ1) is 18.7. The van der Waals surface area contributed by atoms with Crippen LogP contribution in [0.4, 0.5) is 0 Å². The maximum Gasteiger partial charge on any atom is 0.327 e. The Kier molecular flexibility index (Phi) is 5.78. The predicted octanol–water partition coefficient (Wildman–Crippen LogP) is 2.97. The molecule has 1 rings (SSSR count). The second-order valence-corrected chi connectivity index (χ2v) is 7.61. The molecule has 1 unspecified atom stereocenters. The zero-order valence-electron chi connectivity index (χ0n) is 14.4. The first-order valence-corrected chi connectivity index (χ1v) is 7.75. The smallest absolute Gasteiger partial charge is 0.327 e. The Hall–Kier alpha value is -1.37. The largest absolute Gasteiger partial charge is 0.367 e. The highest BCUT2D eigenvalue weighted by Crippen LogP contribution is 2.39. The van der Waals surface area contributed by atoms with Gasteiger partial charge in [-0.25, -0.2) is 0 Å². The number of carbonyl (C=O) groups is 1. The van der Waals surface area contributed by atoms with Crippen molar-refractivity contribution in [1.29, 1.82) is 0 Å². The van der Waals surface area contributed by atoms with Gasteiger partial charge in [0.25, 0.3) is 5.09 Å². The van der Waals surface area contributed by atoms with E-state index in [1.807, 2.05) is 27.7 Å². The highest BCUT2D eigenvalue weighted by Gasteiger charge is 2.45. The van der Waals surface area contributed by atoms with Gasteiger partial charge in [-0.15, -0.1) is 15.2 Å². The standard InChI is InChI=1S/C15H28N2O5/c1-11(2)13(18)22-16-14(3,4)8-7-12(9-15(16,5)6)10-21-17(19)20/h11-12H,7-10H2,1-6H3. The molecule has 0 aliphatic carbocycles. The average molecular weight is 316 g/mol. The normalized spacial score (nSPS) is 24.6. The third-order valence-electron chi connectivity index (χ3n) is 4.12. The predicted molar refractivity (Wildman–Crippen MR) is 81.2 cm³/mol. The summed E-state index contributed by atoms with van der Waals surface area (Å²) in [5, 5.41) is 11.4. The fourth-order valence-electron chi connectivity index (χ4n) is 3.12. The van der Waals surface area contributed by atoms with Crippen molar-refractivity contribution in [3.05, 3.63) is 10.1 Å². The van der Waals surface area contributed by atoms with Crippen LogP contribution >= 0.6 is 0 Å². The van der Waals surface area contributed by atoms with E-state index in [9.17, 15) is 14.9 Å². The first-order valence-electron chi connectivity index (χ1n) is 7.75. The van der Waals surface area contributed by atoms with Gasteiger partial charge in [0.2, 0.25) is 0 Å². The fraction of sp³-hybridized carbons (Fsp3) is 0.933. The van der Waals surface area contributed by atoms with Gasteiger partial charge in [-0.1, -0.05) is 13.8 Å². The minimum atomic E-state index is -0.750. The van der Waals surface area contributed by atoms with E-state index in [0.717, 1.165) is 12.8 Å². The molecule has 128 valence electrons. The SMILES string of the molecule is CC(C)C(=O)ON1C(C)(C)CCC(CO[N+](=O)[O-])CC1(C)C. The van der Waals surface area contributed by atoms with Gasteiger partial charge in [0.05, 0.1) is 23.6 Å². The average Bonchev–Trinajstić information content (AvgIpc) is 2.45. The van der Waals surface area contributed by atoms with Gasteiger partial charge < -0.3 is 9.68 Å². The quantitative estimate of drug-likeness (QED) is 0.573. The molecule has 22 heavy (non-hydrogen) atoms. The molecule has 0 aromatic rings. The van der Waals surface area contributed by atoms with Gasteiger partial charge in [-0.3, -0.25) is 4.79 Å². The van der Waals surface area contributed by atoms with Crippen molar-refractivity contribution in [3.63, 3.8) is 0 Å². The number of rotatable bonds is 5. The van der Waals surface area contributed by atoms with E-state index in [4.69, 9.17) is 4.84 Å². The Labute approximate surface area is 132 Å². The van der Waals surface area contributed by atoms with Gasteiger partial charge in [0, 0.05) is 0 Å². The Morgan fingerprint density at radius 1 is 1.32 bits per heavy atom. The number of hydrogen-bond acceptors (Lipinski definition) is 6. The molecule has 0 saturated carbocycles. The summed E-state index contributed by atoms with van der Waals surface area (Å²) in [4.78, 5) is 32.6. The molecule has 0 amide bonds. The molecule has 7 heteroatoms. The molecular formula is C15H28N2O5. The molecular weight excluding hydrogens is 288 g/mol. The van der Waals surface area contributed by atoms with Crippen LogP contribution in [0, 0.1) is 22.0 Å². The third kappa shape index (κ3) is 4.83. The summed E-state index contributed by atoms with van der Waals surface area (Å²) in [6.07, 6.45) is 2.23. The minimum absolute atomic E-state index is 0.0578. The second-order valence-electron chi connectivity index (χ2n) is 7.61. The van der Waals surface area contributed by atoms with Gasteiger partial charge in [-0.05, 0) is 52.9 Å². The molecule has 0 aromatic carbocycles. The van der Waals surface area contributed by atoms with E-state index in [0.29, 0.717) is 6.42 Å². The summed E-state index contributed by atoms with van der Waals surface area (Å²) < 4.78 is 0. The molecule has 0 N–H and O–H groups in total. The van der Waals surface area contributed by atoms with Crippen molar-refractivity contribution in [2.75, 3.05) is 6.61 Å². The van der Waals surface area contributed by atoms with Crippen molar-refractivity contribution in [1.82, 2.24) is 5.06 Å². The molecule has 0 bridgehead atoms. The topological polar surface area (TPSA) is 81.9 Å². The van der Waals surface area contributed by atoms with E-state index >= 15 is 0 Å². The minimum Gasteiger partial charge on any atom is -0.367 e. The Morgan fingerprint density at radius 3 is 2.41 bits per heavy atom. The van der Waals surface area contributed by atoms with Gasteiger partial charge >= 0.3 is 5.97 Å². The van der Waals surface area contributed by atoms with Crippen LogP contribution in [0.1, 0.15) is 60.8 Å². The van der Waals surface area contributed by atoms with Gasteiger partial charge in [0.15, 0.2) is 0 Å². The Balaban J connectivity index is 2.91. The van der Waals surface area contributed by atoms with Crippen molar-refractivity contribution >= 4 is 5.97 Å². The zero-order chi connectivity index (χ0) is 17.1.